The largest absolute Gasteiger partial charge is 0.486 e. The second kappa shape index (κ2) is 8.91. The van der Waals surface area contributed by atoms with Gasteiger partial charge in [-0.05, 0) is 48.9 Å². The number of nitrogens with two attached hydrogens (primary N) is 1. The van der Waals surface area contributed by atoms with Crippen LogP contribution >= 0.6 is 22.9 Å². The van der Waals surface area contributed by atoms with E-state index >= 15 is 0 Å². The van der Waals surface area contributed by atoms with Crippen molar-refractivity contribution in [1.29, 1.82) is 0 Å². The van der Waals surface area contributed by atoms with E-state index in [1.54, 1.807) is 31.5 Å². The van der Waals surface area contributed by atoms with E-state index in [0.29, 0.717) is 39.9 Å². The molecule has 1 aliphatic rings. The number of carbonyl (C=O) groups is 2. The van der Waals surface area contributed by atoms with E-state index in [2.05, 4.69) is 10.3 Å². The lowest BCUT2D eigenvalue weighted by Gasteiger charge is -2.11. The summed E-state index contributed by atoms with van der Waals surface area (Å²) in [5.41, 5.74) is 9.02. The van der Waals surface area contributed by atoms with Gasteiger partial charge < -0.3 is 15.8 Å². The van der Waals surface area contributed by atoms with Crippen LogP contribution in [0.5, 0.6) is 5.75 Å². The quantitative estimate of drug-likeness (QED) is 0.426. The number of pyridine rings is 1. The molecule has 1 amide bonds. The minimum atomic E-state index is -0.245. The highest BCUT2D eigenvalue weighted by molar-refractivity contribution is 7.17. The van der Waals surface area contributed by atoms with Crippen LogP contribution < -0.4 is 15.8 Å². The number of hydrogen-bond acceptors (Lipinski definition) is 6. The first-order valence-corrected chi connectivity index (χ1v) is 10.9. The molecule has 158 valence electrons. The van der Waals surface area contributed by atoms with Gasteiger partial charge in [0.25, 0.3) is 0 Å². The van der Waals surface area contributed by atoms with Gasteiger partial charge in [0.15, 0.2) is 5.78 Å². The van der Waals surface area contributed by atoms with Crippen molar-refractivity contribution in [1.82, 2.24) is 10.3 Å². The van der Waals surface area contributed by atoms with Gasteiger partial charge in [0.1, 0.15) is 11.9 Å². The molecule has 0 saturated carbocycles. The number of benzene rings is 1. The Labute approximate surface area is 188 Å². The molecule has 4 rings (SSSR count). The lowest BCUT2D eigenvalue weighted by molar-refractivity contribution is -0.116. The van der Waals surface area contributed by atoms with Crippen LogP contribution in [0.2, 0.25) is 5.02 Å². The average molecular weight is 454 g/mol. The SMILES string of the molecule is CC(=O)c1ccc(-c2cc(Cl)c3c(c2)CC(CNC(=O)C=Cc2cnccc2N)O3)s1. The summed E-state index contributed by atoms with van der Waals surface area (Å²) in [4.78, 5) is 29.4. The number of anilines is 1. The molecule has 3 heterocycles. The van der Waals surface area contributed by atoms with Crippen molar-refractivity contribution < 1.29 is 14.3 Å². The van der Waals surface area contributed by atoms with Crippen molar-refractivity contribution in [3.05, 3.63) is 69.8 Å². The lowest BCUT2D eigenvalue weighted by Crippen LogP contribution is -2.33. The van der Waals surface area contributed by atoms with Gasteiger partial charge >= 0.3 is 0 Å². The number of ether oxygens (including phenoxy) is 1. The predicted octanol–water partition coefficient (Wildman–Crippen LogP) is 4.38. The molecule has 0 fully saturated rings. The number of thiophene rings is 1. The number of hydrogen-bond donors (Lipinski definition) is 2. The van der Waals surface area contributed by atoms with Gasteiger partial charge in [-0.25, -0.2) is 0 Å². The zero-order valence-corrected chi connectivity index (χ0v) is 18.3. The molecular formula is C23H20ClN3O3S. The number of nitrogens with one attached hydrogen (secondary N) is 1. The van der Waals surface area contributed by atoms with Crippen LogP contribution in [0, 0.1) is 0 Å². The summed E-state index contributed by atoms with van der Waals surface area (Å²) in [6.45, 7) is 1.90. The molecule has 3 N–H and O–H groups in total. The number of carbonyl (C=O) groups excluding carboxylic acids is 2. The van der Waals surface area contributed by atoms with Crippen molar-refractivity contribution >= 4 is 46.4 Å². The Morgan fingerprint density at radius 2 is 2.19 bits per heavy atom. The molecule has 1 atom stereocenters. The zero-order chi connectivity index (χ0) is 22.0. The maximum absolute atomic E-state index is 12.2. The number of fused-ring (bicyclic) bond motifs is 1. The van der Waals surface area contributed by atoms with Gasteiger partial charge in [-0.1, -0.05) is 11.6 Å². The van der Waals surface area contributed by atoms with Gasteiger partial charge in [-0.3, -0.25) is 14.6 Å². The molecule has 31 heavy (non-hydrogen) atoms. The Balaban J connectivity index is 1.39. The standard InChI is InChI=1S/C23H20ClN3O3S/c1-13(28)20-3-4-21(31-20)15-8-16-9-17(30-23(16)18(24)10-15)12-27-22(29)5-2-14-11-26-7-6-19(14)25/h2-8,10-11,17H,9,12H2,1H3,(H2,25,26)(H,27,29). The van der Waals surface area contributed by atoms with Gasteiger partial charge in [0, 0.05) is 46.6 Å². The summed E-state index contributed by atoms with van der Waals surface area (Å²) in [7, 11) is 0. The highest BCUT2D eigenvalue weighted by Gasteiger charge is 2.26. The Bertz CT molecular complexity index is 1190. The molecule has 0 bridgehead atoms. The molecule has 8 heteroatoms. The van der Waals surface area contributed by atoms with Crippen LogP contribution in [-0.2, 0) is 11.2 Å². The zero-order valence-electron chi connectivity index (χ0n) is 16.7. The van der Waals surface area contributed by atoms with Crippen LogP contribution in [0.4, 0.5) is 5.69 Å². The highest BCUT2D eigenvalue weighted by atomic mass is 35.5. The van der Waals surface area contributed by atoms with Crippen molar-refractivity contribution in [3.63, 3.8) is 0 Å². The van der Waals surface area contributed by atoms with Crippen LogP contribution in [0.25, 0.3) is 16.5 Å². The number of ketones is 1. The van der Waals surface area contributed by atoms with Crippen molar-refractivity contribution in [2.45, 2.75) is 19.4 Å². The Morgan fingerprint density at radius 1 is 1.35 bits per heavy atom. The minimum absolute atomic E-state index is 0.0444. The van der Waals surface area contributed by atoms with E-state index in [9.17, 15) is 9.59 Å². The van der Waals surface area contributed by atoms with Crippen molar-refractivity contribution in [2.75, 3.05) is 12.3 Å². The third-order valence-electron chi connectivity index (χ3n) is 4.90. The summed E-state index contributed by atoms with van der Waals surface area (Å²) in [6.07, 6.45) is 6.67. The maximum atomic E-state index is 12.2. The van der Waals surface area contributed by atoms with E-state index < -0.39 is 0 Å². The first-order valence-electron chi connectivity index (χ1n) is 9.66. The number of nitrogens with zero attached hydrogens (tertiary/aromatic N) is 1. The van der Waals surface area contributed by atoms with Crippen LogP contribution in [0.1, 0.15) is 27.7 Å². The number of nitrogen functional groups attached to an aromatic ring is 1. The fourth-order valence-electron chi connectivity index (χ4n) is 3.32. The third-order valence-corrected chi connectivity index (χ3v) is 6.41. The second-order valence-corrected chi connectivity index (χ2v) is 8.68. The number of aromatic nitrogens is 1. The predicted molar refractivity (Wildman–Crippen MR) is 124 cm³/mol. The number of halogens is 1. The normalized spacial score (nSPS) is 15.0. The van der Waals surface area contributed by atoms with Crippen LogP contribution in [0.3, 0.4) is 0 Å². The summed E-state index contributed by atoms with van der Waals surface area (Å²) >= 11 is 7.89. The molecule has 0 saturated heterocycles. The average Bonchev–Trinajstić information content (AvgIpc) is 3.39. The first kappa shape index (κ1) is 21.1. The lowest BCUT2D eigenvalue weighted by atomic mass is 10.1. The first-order chi connectivity index (χ1) is 14.9. The Morgan fingerprint density at radius 3 is 2.94 bits per heavy atom. The van der Waals surface area contributed by atoms with Gasteiger partial charge in [-0.15, -0.1) is 11.3 Å². The van der Waals surface area contributed by atoms with Crippen molar-refractivity contribution in [2.24, 2.45) is 0 Å². The molecule has 3 aromatic rings. The molecule has 1 aliphatic heterocycles. The monoisotopic (exact) mass is 453 g/mol. The van der Waals surface area contributed by atoms with Gasteiger partial charge in [0.05, 0.1) is 16.4 Å². The molecular weight excluding hydrogens is 434 g/mol. The minimum Gasteiger partial charge on any atom is -0.486 e. The molecule has 1 aromatic carbocycles. The van der Waals surface area contributed by atoms with Crippen molar-refractivity contribution in [3.8, 4) is 16.2 Å². The van der Waals surface area contributed by atoms with Gasteiger partial charge in [0.2, 0.25) is 5.91 Å². The molecule has 1 unspecified atom stereocenters. The van der Waals surface area contributed by atoms with E-state index in [4.69, 9.17) is 22.1 Å². The van der Waals surface area contributed by atoms with E-state index in [1.165, 1.54) is 17.4 Å². The fourth-order valence-corrected chi connectivity index (χ4v) is 4.49. The highest BCUT2D eigenvalue weighted by Crippen LogP contribution is 2.41. The van der Waals surface area contributed by atoms with Gasteiger partial charge in [-0.2, -0.15) is 0 Å². The summed E-state index contributed by atoms with van der Waals surface area (Å²) < 4.78 is 5.95. The van der Waals surface area contributed by atoms with E-state index in [1.807, 2.05) is 24.3 Å². The summed E-state index contributed by atoms with van der Waals surface area (Å²) in [5, 5.41) is 3.36. The maximum Gasteiger partial charge on any atom is 0.244 e. The summed E-state index contributed by atoms with van der Waals surface area (Å²) in [6, 6.07) is 9.30. The topological polar surface area (TPSA) is 94.3 Å². The third kappa shape index (κ3) is 4.78. The van der Waals surface area contributed by atoms with E-state index in [0.717, 1.165) is 16.0 Å². The van der Waals surface area contributed by atoms with Crippen LogP contribution in [-0.4, -0.2) is 29.3 Å². The molecule has 0 radical (unpaired) electrons. The molecule has 0 aliphatic carbocycles. The second-order valence-electron chi connectivity index (χ2n) is 7.19. The number of amides is 1. The summed E-state index contributed by atoms with van der Waals surface area (Å²) in [5.74, 6) is 0.444. The number of rotatable bonds is 6. The fraction of sp³-hybridized carbons (Fsp3) is 0.174. The Kier molecular flexibility index (Phi) is 6.06. The molecule has 6 nitrogen and oxygen atoms in total. The van der Waals surface area contributed by atoms with E-state index in [-0.39, 0.29) is 17.8 Å². The molecule has 2 aromatic heterocycles. The molecule has 0 spiro atoms. The Hall–Kier alpha value is -3.16. The van der Waals surface area contributed by atoms with Crippen LogP contribution in [0.15, 0.2) is 48.8 Å². The number of Topliss-reactive ketones (excluding diaryl/α,β-unsaturated/α-hetero) is 1. The smallest absolute Gasteiger partial charge is 0.244 e.